The Balaban J connectivity index is 1.85. The third kappa shape index (κ3) is 3.61. The monoisotopic (exact) mass is 423 g/mol. The fraction of sp³-hybridized carbons (Fsp3) is 0.130. The van der Waals surface area contributed by atoms with Gasteiger partial charge in [-0.05, 0) is 61.4 Å². The number of rotatable bonds is 3. The first-order valence-corrected chi connectivity index (χ1v) is 9.93. The van der Waals surface area contributed by atoms with Gasteiger partial charge in [0.2, 0.25) is 0 Å². The van der Waals surface area contributed by atoms with E-state index in [0.29, 0.717) is 21.3 Å². The van der Waals surface area contributed by atoms with Crippen LogP contribution in [0.2, 0.25) is 10.0 Å². The Bertz CT molecular complexity index is 1090. The summed E-state index contributed by atoms with van der Waals surface area (Å²) in [5.41, 5.74) is 2.93. The van der Waals surface area contributed by atoms with E-state index in [-0.39, 0.29) is 5.91 Å². The number of halogens is 2. The molecule has 3 aromatic carbocycles. The molecule has 0 aliphatic carbocycles. The van der Waals surface area contributed by atoms with Crippen LogP contribution in [0.25, 0.3) is 0 Å². The molecule has 0 spiro atoms. The van der Waals surface area contributed by atoms with Crippen molar-refractivity contribution in [1.29, 1.82) is 0 Å². The maximum Gasteiger partial charge on any atom is 0.278 e. The van der Waals surface area contributed by atoms with Crippen LogP contribution in [0, 0.1) is 0 Å². The minimum Gasteiger partial charge on any atom is -0.357 e. The number of carbonyl (C=O) groups is 1. The summed E-state index contributed by atoms with van der Waals surface area (Å²) in [6.07, 6.45) is 0. The second-order valence-electron chi connectivity index (χ2n) is 7.06. The lowest BCUT2D eigenvalue weighted by Crippen LogP contribution is -2.53. The lowest BCUT2D eigenvalue weighted by atomic mass is 9.95. The van der Waals surface area contributed by atoms with Crippen LogP contribution in [0.5, 0.6) is 0 Å². The van der Waals surface area contributed by atoms with E-state index in [1.807, 2.05) is 68.4 Å². The van der Waals surface area contributed by atoms with E-state index < -0.39 is 5.66 Å². The van der Waals surface area contributed by atoms with Crippen molar-refractivity contribution >= 4 is 40.5 Å². The molecular weight excluding hydrogens is 405 g/mol. The Morgan fingerprint density at radius 1 is 0.931 bits per heavy atom. The minimum absolute atomic E-state index is 0.176. The van der Waals surface area contributed by atoms with Gasteiger partial charge in [-0.1, -0.05) is 59.6 Å². The number of nitrogens with one attached hydrogen (secondary N) is 1. The summed E-state index contributed by atoms with van der Waals surface area (Å²) >= 11 is 12.1. The Labute approximate surface area is 179 Å². The fourth-order valence-corrected chi connectivity index (χ4v) is 3.68. The minimum atomic E-state index is -0.885. The van der Waals surface area contributed by atoms with Gasteiger partial charge in [0.25, 0.3) is 5.91 Å². The summed E-state index contributed by atoms with van der Waals surface area (Å²) in [4.78, 5) is 13.4. The van der Waals surface area contributed by atoms with Crippen LogP contribution in [0.4, 0.5) is 5.69 Å². The zero-order valence-corrected chi connectivity index (χ0v) is 17.5. The lowest BCUT2D eigenvalue weighted by Gasteiger charge is -2.43. The van der Waals surface area contributed by atoms with E-state index in [0.717, 1.165) is 16.8 Å². The predicted molar refractivity (Wildman–Crippen MR) is 119 cm³/mol. The number of fused-ring (bicyclic) bond motifs is 1. The fourth-order valence-electron chi connectivity index (χ4n) is 3.42. The van der Waals surface area contributed by atoms with Crippen LogP contribution in [-0.2, 0) is 5.66 Å². The predicted octanol–water partition coefficient (Wildman–Crippen LogP) is 6.16. The van der Waals surface area contributed by atoms with Crippen molar-refractivity contribution in [2.24, 2.45) is 5.10 Å². The molecule has 4 nitrogen and oxygen atoms in total. The molecule has 1 atom stereocenters. The zero-order valence-electron chi connectivity index (χ0n) is 16.0. The van der Waals surface area contributed by atoms with Crippen LogP contribution < -0.4 is 5.32 Å². The molecule has 3 aromatic rings. The molecule has 0 saturated carbocycles. The van der Waals surface area contributed by atoms with E-state index >= 15 is 0 Å². The molecule has 1 aliphatic heterocycles. The SMILES string of the molecule is CC(=NN1C(=O)c2ccccc2NC1(C)c1ccc(Cl)cc1)c1ccc(Cl)cc1. The van der Waals surface area contributed by atoms with Crippen LogP contribution in [0.1, 0.15) is 35.3 Å². The molecule has 146 valence electrons. The van der Waals surface area contributed by atoms with Crippen LogP contribution >= 0.6 is 23.2 Å². The highest BCUT2D eigenvalue weighted by molar-refractivity contribution is 6.30. The standard InChI is InChI=1S/C23H19Cl2N3O/c1-15(16-7-11-18(24)12-8-16)27-28-22(29)20-5-3-4-6-21(20)26-23(28,2)17-9-13-19(25)14-10-17/h3-14,26H,1-2H3. The molecule has 0 fully saturated rings. The summed E-state index contributed by atoms with van der Waals surface area (Å²) in [5.74, 6) is -0.176. The summed E-state index contributed by atoms with van der Waals surface area (Å²) in [6, 6.07) is 22.2. The van der Waals surface area contributed by atoms with Crippen molar-refractivity contribution in [3.63, 3.8) is 0 Å². The van der Waals surface area contributed by atoms with Crippen molar-refractivity contribution in [3.8, 4) is 0 Å². The van der Waals surface area contributed by atoms with Gasteiger partial charge < -0.3 is 5.32 Å². The van der Waals surface area contributed by atoms with E-state index in [1.165, 1.54) is 5.01 Å². The number of anilines is 1. The number of hydrogen-bond donors (Lipinski definition) is 1. The van der Waals surface area contributed by atoms with Crippen molar-refractivity contribution in [1.82, 2.24) is 5.01 Å². The summed E-state index contributed by atoms with van der Waals surface area (Å²) < 4.78 is 0. The van der Waals surface area contributed by atoms with Gasteiger partial charge >= 0.3 is 0 Å². The van der Waals surface area contributed by atoms with E-state index in [1.54, 1.807) is 18.2 Å². The van der Waals surface area contributed by atoms with Crippen LogP contribution in [-0.4, -0.2) is 16.6 Å². The van der Waals surface area contributed by atoms with E-state index in [9.17, 15) is 4.79 Å². The number of amides is 1. The molecule has 29 heavy (non-hydrogen) atoms. The van der Waals surface area contributed by atoms with Crippen LogP contribution in [0.15, 0.2) is 77.9 Å². The van der Waals surface area contributed by atoms with E-state index in [2.05, 4.69) is 5.32 Å². The number of para-hydroxylation sites is 1. The molecule has 0 radical (unpaired) electrons. The van der Waals surface area contributed by atoms with Crippen LogP contribution in [0.3, 0.4) is 0 Å². The van der Waals surface area contributed by atoms with Crippen molar-refractivity contribution in [3.05, 3.63) is 99.5 Å². The Morgan fingerprint density at radius 2 is 1.52 bits per heavy atom. The maximum atomic E-state index is 13.4. The van der Waals surface area contributed by atoms with Gasteiger partial charge in [-0.25, -0.2) is 0 Å². The van der Waals surface area contributed by atoms with Gasteiger partial charge in [0.15, 0.2) is 5.66 Å². The lowest BCUT2D eigenvalue weighted by molar-refractivity contribution is 0.0545. The molecular formula is C23H19Cl2N3O. The third-order valence-electron chi connectivity index (χ3n) is 5.07. The van der Waals surface area contributed by atoms with Crippen molar-refractivity contribution in [2.45, 2.75) is 19.5 Å². The molecule has 4 rings (SSSR count). The Kier molecular flexibility index (Phi) is 5.07. The van der Waals surface area contributed by atoms with Gasteiger partial charge in [0.1, 0.15) is 0 Å². The third-order valence-corrected chi connectivity index (χ3v) is 5.57. The van der Waals surface area contributed by atoms with Gasteiger partial charge in [0.05, 0.1) is 11.3 Å². The number of hydrazone groups is 1. The molecule has 1 aliphatic rings. The maximum absolute atomic E-state index is 13.4. The Morgan fingerprint density at radius 3 is 2.17 bits per heavy atom. The van der Waals surface area contributed by atoms with Gasteiger partial charge in [-0.15, -0.1) is 0 Å². The second-order valence-corrected chi connectivity index (χ2v) is 7.93. The molecule has 0 saturated heterocycles. The first-order chi connectivity index (χ1) is 13.9. The molecule has 1 amide bonds. The molecule has 0 bridgehead atoms. The normalized spacial score (nSPS) is 19.0. The van der Waals surface area contributed by atoms with Crippen molar-refractivity contribution < 1.29 is 4.79 Å². The summed E-state index contributed by atoms with van der Waals surface area (Å²) in [5, 5.41) is 11.0. The zero-order chi connectivity index (χ0) is 20.6. The topological polar surface area (TPSA) is 44.7 Å². The largest absolute Gasteiger partial charge is 0.357 e. The smallest absolute Gasteiger partial charge is 0.278 e. The van der Waals surface area contributed by atoms with Crippen molar-refractivity contribution in [2.75, 3.05) is 5.32 Å². The first-order valence-electron chi connectivity index (χ1n) is 9.17. The average molecular weight is 424 g/mol. The first kappa shape index (κ1) is 19.5. The highest BCUT2D eigenvalue weighted by Crippen LogP contribution is 2.38. The molecule has 1 heterocycles. The number of nitrogens with zero attached hydrogens (tertiary/aromatic N) is 2. The molecule has 1 N–H and O–H groups in total. The molecule has 0 aromatic heterocycles. The number of hydrogen-bond acceptors (Lipinski definition) is 3. The highest BCUT2D eigenvalue weighted by Gasteiger charge is 2.43. The summed E-state index contributed by atoms with van der Waals surface area (Å²) in [6.45, 7) is 3.81. The van der Waals surface area contributed by atoms with E-state index in [4.69, 9.17) is 28.3 Å². The number of carbonyl (C=O) groups excluding carboxylic acids is 1. The highest BCUT2D eigenvalue weighted by atomic mass is 35.5. The average Bonchev–Trinajstić information content (AvgIpc) is 2.72. The van der Waals surface area contributed by atoms with Gasteiger partial charge in [-0.2, -0.15) is 10.1 Å². The Hall–Kier alpha value is -2.82. The van der Waals surface area contributed by atoms with Gasteiger partial charge in [-0.3, -0.25) is 4.79 Å². The molecule has 1 unspecified atom stereocenters. The summed E-state index contributed by atoms with van der Waals surface area (Å²) in [7, 11) is 0. The quantitative estimate of drug-likeness (QED) is 0.512. The number of benzene rings is 3. The second kappa shape index (κ2) is 7.54. The van der Waals surface area contributed by atoms with Gasteiger partial charge in [0, 0.05) is 15.7 Å². The molecule has 6 heteroatoms.